The quantitative estimate of drug-likeness (QED) is 0.714. The Hall–Kier alpha value is -1.31. The maximum Gasteiger partial charge on any atom is 0.132 e. The Morgan fingerprint density at radius 2 is 2.12 bits per heavy atom. The summed E-state index contributed by atoms with van der Waals surface area (Å²) in [6.45, 7) is 4.09. The van der Waals surface area contributed by atoms with Crippen LogP contribution in [-0.4, -0.2) is 12.9 Å². The van der Waals surface area contributed by atoms with Crippen molar-refractivity contribution in [2.75, 3.05) is 7.11 Å². The van der Waals surface area contributed by atoms with Gasteiger partial charge in [0.15, 0.2) is 0 Å². The average molecular weight is 234 g/mol. The summed E-state index contributed by atoms with van der Waals surface area (Å²) in [7, 11) is 1.68. The predicted molar refractivity (Wildman–Crippen MR) is 70.6 cm³/mol. The molecule has 0 aliphatic heterocycles. The maximum atomic E-state index is 11.4. The molecule has 0 saturated heterocycles. The van der Waals surface area contributed by atoms with Crippen LogP contribution in [0.5, 0.6) is 5.75 Å². The Morgan fingerprint density at radius 1 is 1.35 bits per heavy atom. The van der Waals surface area contributed by atoms with Gasteiger partial charge in [-0.05, 0) is 36.5 Å². The maximum absolute atomic E-state index is 11.4. The van der Waals surface area contributed by atoms with Gasteiger partial charge in [-0.25, -0.2) is 0 Å². The summed E-state index contributed by atoms with van der Waals surface area (Å²) in [4.78, 5) is 11.4. The van der Waals surface area contributed by atoms with Crippen LogP contribution in [0, 0.1) is 0 Å². The van der Waals surface area contributed by atoms with Gasteiger partial charge in [0.2, 0.25) is 0 Å². The third-order valence-electron chi connectivity index (χ3n) is 3.22. The summed E-state index contributed by atoms with van der Waals surface area (Å²) >= 11 is 0. The highest BCUT2D eigenvalue weighted by molar-refractivity contribution is 5.78. The van der Waals surface area contributed by atoms with Crippen molar-refractivity contribution in [3.63, 3.8) is 0 Å². The van der Waals surface area contributed by atoms with Crippen molar-refractivity contribution in [3.8, 4) is 5.75 Å². The number of carbonyl (C=O) groups excluding carboxylic acids is 1. The molecule has 0 N–H and O–H groups in total. The van der Waals surface area contributed by atoms with E-state index in [9.17, 15) is 4.79 Å². The predicted octanol–water partition coefficient (Wildman–Crippen LogP) is 3.95. The van der Waals surface area contributed by atoms with Gasteiger partial charge in [0, 0.05) is 12.8 Å². The molecule has 2 nitrogen and oxygen atoms in total. The summed E-state index contributed by atoms with van der Waals surface area (Å²) < 4.78 is 5.23. The lowest BCUT2D eigenvalue weighted by Crippen LogP contribution is -2.02. The number of ether oxygens (including phenoxy) is 1. The van der Waals surface area contributed by atoms with Crippen LogP contribution in [0.1, 0.15) is 51.0 Å². The first kappa shape index (κ1) is 13.8. The molecule has 0 bridgehead atoms. The molecular formula is C15H22O2. The molecule has 94 valence electrons. The zero-order valence-corrected chi connectivity index (χ0v) is 11.0. The third-order valence-corrected chi connectivity index (χ3v) is 3.22. The summed E-state index contributed by atoms with van der Waals surface area (Å²) in [6, 6.07) is 8.16. The number of rotatable bonds is 7. The van der Waals surface area contributed by atoms with Gasteiger partial charge in [-0.3, -0.25) is 4.79 Å². The molecule has 1 rings (SSSR count). The molecule has 0 spiro atoms. The van der Waals surface area contributed by atoms with Crippen molar-refractivity contribution in [1.82, 2.24) is 0 Å². The van der Waals surface area contributed by atoms with Gasteiger partial charge < -0.3 is 4.74 Å². The minimum absolute atomic E-state index is 0.353. The van der Waals surface area contributed by atoms with E-state index in [-0.39, 0.29) is 0 Å². The van der Waals surface area contributed by atoms with Gasteiger partial charge in [-0.2, -0.15) is 0 Å². The number of hydrogen-bond acceptors (Lipinski definition) is 2. The zero-order valence-electron chi connectivity index (χ0n) is 11.0. The van der Waals surface area contributed by atoms with Crippen LogP contribution in [0.3, 0.4) is 0 Å². The second-order valence-corrected chi connectivity index (χ2v) is 4.31. The second-order valence-electron chi connectivity index (χ2n) is 4.31. The van der Waals surface area contributed by atoms with E-state index in [4.69, 9.17) is 4.74 Å². The highest BCUT2D eigenvalue weighted by atomic mass is 16.5. The van der Waals surface area contributed by atoms with E-state index in [0.717, 1.165) is 18.6 Å². The molecule has 1 aromatic rings. The number of hydrogen-bond donors (Lipinski definition) is 0. The summed E-state index contributed by atoms with van der Waals surface area (Å²) in [6.07, 6.45) is 3.33. The molecule has 17 heavy (non-hydrogen) atoms. The largest absolute Gasteiger partial charge is 0.497 e. The SMILES string of the molecule is CCC(=O)CCC(CC)c1cccc(OC)c1. The summed E-state index contributed by atoms with van der Waals surface area (Å²) in [5.74, 6) is 1.70. The van der Waals surface area contributed by atoms with Crippen molar-refractivity contribution in [2.45, 2.75) is 45.4 Å². The van der Waals surface area contributed by atoms with Crippen LogP contribution in [0.25, 0.3) is 0 Å². The van der Waals surface area contributed by atoms with Crippen LogP contribution in [-0.2, 0) is 4.79 Å². The minimum atomic E-state index is 0.353. The molecule has 1 aromatic carbocycles. The monoisotopic (exact) mass is 234 g/mol. The van der Waals surface area contributed by atoms with Gasteiger partial charge in [-0.15, -0.1) is 0 Å². The summed E-state index contributed by atoms with van der Waals surface area (Å²) in [5.41, 5.74) is 1.27. The van der Waals surface area contributed by atoms with Crippen molar-refractivity contribution in [2.24, 2.45) is 0 Å². The Balaban J connectivity index is 2.68. The Kier molecular flexibility index (Phi) is 5.75. The van der Waals surface area contributed by atoms with E-state index in [0.29, 0.717) is 24.5 Å². The molecule has 0 amide bonds. The lowest BCUT2D eigenvalue weighted by Gasteiger charge is -2.15. The molecule has 1 atom stereocenters. The summed E-state index contributed by atoms with van der Waals surface area (Å²) in [5, 5.41) is 0. The molecule has 0 aliphatic carbocycles. The van der Waals surface area contributed by atoms with E-state index in [1.807, 2.05) is 19.1 Å². The first-order valence-corrected chi connectivity index (χ1v) is 6.36. The Morgan fingerprint density at radius 3 is 2.71 bits per heavy atom. The molecule has 0 aliphatic rings. The fourth-order valence-electron chi connectivity index (χ4n) is 2.01. The van der Waals surface area contributed by atoms with Crippen molar-refractivity contribution >= 4 is 5.78 Å². The lowest BCUT2D eigenvalue weighted by atomic mass is 9.90. The second kappa shape index (κ2) is 7.10. The van der Waals surface area contributed by atoms with Crippen LogP contribution in [0.4, 0.5) is 0 Å². The number of methoxy groups -OCH3 is 1. The first-order chi connectivity index (χ1) is 8.21. The van der Waals surface area contributed by atoms with Crippen molar-refractivity contribution in [3.05, 3.63) is 29.8 Å². The van der Waals surface area contributed by atoms with Crippen LogP contribution < -0.4 is 4.74 Å². The molecule has 0 fully saturated rings. The van der Waals surface area contributed by atoms with E-state index >= 15 is 0 Å². The Bertz CT molecular complexity index is 358. The number of carbonyl (C=O) groups is 1. The standard InChI is InChI=1S/C15H22O2/c1-4-12(9-10-14(16)5-2)13-7-6-8-15(11-13)17-3/h6-8,11-12H,4-5,9-10H2,1-3H3. The highest BCUT2D eigenvalue weighted by Gasteiger charge is 2.11. The van der Waals surface area contributed by atoms with Crippen molar-refractivity contribution in [1.29, 1.82) is 0 Å². The fourth-order valence-corrected chi connectivity index (χ4v) is 2.01. The van der Waals surface area contributed by atoms with Gasteiger partial charge in [-0.1, -0.05) is 26.0 Å². The van der Waals surface area contributed by atoms with Crippen LogP contribution in [0.2, 0.25) is 0 Å². The number of ketones is 1. The topological polar surface area (TPSA) is 26.3 Å². The fraction of sp³-hybridized carbons (Fsp3) is 0.533. The van der Waals surface area contributed by atoms with Gasteiger partial charge in [0.1, 0.15) is 11.5 Å². The molecule has 0 aromatic heterocycles. The normalized spacial score (nSPS) is 12.2. The highest BCUT2D eigenvalue weighted by Crippen LogP contribution is 2.27. The smallest absolute Gasteiger partial charge is 0.132 e. The molecule has 1 unspecified atom stereocenters. The van der Waals surface area contributed by atoms with Gasteiger partial charge >= 0.3 is 0 Å². The number of Topliss-reactive ketones (excluding diaryl/α,β-unsaturated/α-hetero) is 1. The lowest BCUT2D eigenvalue weighted by molar-refractivity contribution is -0.118. The molecular weight excluding hydrogens is 212 g/mol. The van der Waals surface area contributed by atoms with Crippen LogP contribution >= 0.6 is 0 Å². The van der Waals surface area contributed by atoms with E-state index < -0.39 is 0 Å². The van der Waals surface area contributed by atoms with E-state index in [1.165, 1.54) is 5.56 Å². The molecule has 0 radical (unpaired) electrons. The molecule has 2 heteroatoms. The van der Waals surface area contributed by atoms with E-state index in [1.54, 1.807) is 7.11 Å². The Labute approximate surface area is 104 Å². The minimum Gasteiger partial charge on any atom is -0.497 e. The molecule has 0 saturated carbocycles. The average Bonchev–Trinajstić information content (AvgIpc) is 2.39. The van der Waals surface area contributed by atoms with Crippen LogP contribution in [0.15, 0.2) is 24.3 Å². The molecule has 0 heterocycles. The van der Waals surface area contributed by atoms with Gasteiger partial charge in [0.05, 0.1) is 7.11 Å². The first-order valence-electron chi connectivity index (χ1n) is 6.36. The third kappa shape index (κ3) is 4.22. The van der Waals surface area contributed by atoms with Crippen molar-refractivity contribution < 1.29 is 9.53 Å². The van der Waals surface area contributed by atoms with Gasteiger partial charge in [0.25, 0.3) is 0 Å². The number of benzene rings is 1. The zero-order chi connectivity index (χ0) is 12.7. The van der Waals surface area contributed by atoms with E-state index in [2.05, 4.69) is 19.1 Å².